The molecule has 8 heteroatoms. The molecule has 2 rings (SSSR count). The zero-order valence-corrected chi connectivity index (χ0v) is 19.5. The van der Waals surface area contributed by atoms with E-state index in [0.717, 1.165) is 0 Å². The van der Waals surface area contributed by atoms with Gasteiger partial charge in [0.15, 0.2) is 0 Å². The van der Waals surface area contributed by atoms with Gasteiger partial charge in [-0.2, -0.15) is 0 Å². The molecule has 0 spiro atoms. The van der Waals surface area contributed by atoms with Crippen molar-refractivity contribution in [3.8, 4) is 0 Å². The SMILES string of the molecule is CCOC(=O)[C@@H]1CC=CC[C@H]1C(=O)OCC.CCOC(=O)[C@H]1CC=CC[C@@H]1C(=O)OCC. The Balaban J connectivity index is 0.000000320. The minimum absolute atomic E-state index is 0.301. The maximum absolute atomic E-state index is 11.7. The summed E-state index contributed by atoms with van der Waals surface area (Å²) in [4.78, 5) is 46.6. The molecule has 0 amide bonds. The first-order valence-corrected chi connectivity index (χ1v) is 11.4. The Labute approximate surface area is 190 Å². The number of ether oxygens (including phenoxy) is 4. The standard InChI is InChI=1S/2C12H18O4/c2*1-3-15-11(13)9-7-5-6-8-10(9)12(14)16-4-2/h2*5-6,9-10H,3-4,7-8H2,1-2H3/t2*9-,10-/m10/s1. The predicted molar refractivity (Wildman–Crippen MR) is 117 cm³/mol. The van der Waals surface area contributed by atoms with Crippen LogP contribution in [-0.4, -0.2) is 50.3 Å². The van der Waals surface area contributed by atoms with Crippen LogP contribution in [0.2, 0.25) is 0 Å². The lowest BCUT2D eigenvalue weighted by Gasteiger charge is -2.24. The van der Waals surface area contributed by atoms with Gasteiger partial charge >= 0.3 is 23.9 Å². The lowest BCUT2D eigenvalue weighted by molar-refractivity contribution is -0.160. The van der Waals surface area contributed by atoms with Gasteiger partial charge < -0.3 is 18.9 Å². The molecule has 0 saturated heterocycles. The van der Waals surface area contributed by atoms with Gasteiger partial charge in [-0.15, -0.1) is 0 Å². The first-order chi connectivity index (χ1) is 15.4. The van der Waals surface area contributed by atoms with Gasteiger partial charge in [-0.1, -0.05) is 24.3 Å². The summed E-state index contributed by atoms with van der Waals surface area (Å²) in [5.41, 5.74) is 0. The molecule has 180 valence electrons. The summed E-state index contributed by atoms with van der Waals surface area (Å²) in [5, 5.41) is 0. The van der Waals surface area contributed by atoms with Crippen molar-refractivity contribution in [3.63, 3.8) is 0 Å². The molecule has 32 heavy (non-hydrogen) atoms. The fourth-order valence-corrected chi connectivity index (χ4v) is 3.67. The number of esters is 4. The summed E-state index contributed by atoms with van der Waals surface area (Å²) in [6, 6.07) is 0. The van der Waals surface area contributed by atoms with E-state index in [-0.39, 0.29) is 47.5 Å². The zero-order chi connectivity index (χ0) is 23.9. The normalized spacial score (nSPS) is 23.9. The molecule has 0 fully saturated rings. The van der Waals surface area contributed by atoms with E-state index in [2.05, 4.69) is 0 Å². The highest BCUT2D eigenvalue weighted by molar-refractivity contribution is 5.83. The molecule has 0 radical (unpaired) electrons. The van der Waals surface area contributed by atoms with E-state index in [0.29, 0.717) is 52.1 Å². The second-order valence-corrected chi connectivity index (χ2v) is 7.32. The monoisotopic (exact) mass is 452 g/mol. The van der Waals surface area contributed by atoms with Crippen LogP contribution in [0.25, 0.3) is 0 Å². The number of carbonyl (C=O) groups is 4. The highest BCUT2D eigenvalue weighted by Crippen LogP contribution is 2.29. The third-order valence-electron chi connectivity index (χ3n) is 5.22. The number of allylic oxidation sites excluding steroid dienone is 4. The molecule has 0 aromatic carbocycles. The minimum Gasteiger partial charge on any atom is -0.466 e. The Morgan fingerprint density at radius 3 is 0.844 bits per heavy atom. The fourth-order valence-electron chi connectivity index (χ4n) is 3.67. The quantitative estimate of drug-likeness (QED) is 0.313. The molecule has 0 heterocycles. The summed E-state index contributed by atoms with van der Waals surface area (Å²) in [5.74, 6) is -2.74. The van der Waals surface area contributed by atoms with Crippen LogP contribution in [0, 0.1) is 23.7 Å². The minimum atomic E-state index is -0.385. The van der Waals surface area contributed by atoms with Crippen LogP contribution in [0.4, 0.5) is 0 Å². The molecule has 0 unspecified atom stereocenters. The Bertz CT molecular complexity index is 567. The van der Waals surface area contributed by atoms with Crippen molar-refractivity contribution < 1.29 is 38.1 Å². The second-order valence-electron chi connectivity index (χ2n) is 7.32. The maximum atomic E-state index is 11.7. The number of rotatable bonds is 8. The molecule has 0 bridgehead atoms. The number of carbonyl (C=O) groups excluding carboxylic acids is 4. The van der Waals surface area contributed by atoms with Gasteiger partial charge in [0.2, 0.25) is 0 Å². The molecule has 0 aliphatic heterocycles. The molecule has 0 aromatic rings. The van der Waals surface area contributed by atoms with Crippen molar-refractivity contribution in [1.29, 1.82) is 0 Å². The fraction of sp³-hybridized carbons (Fsp3) is 0.667. The van der Waals surface area contributed by atoms with Gasteiger partial charge in [0, 0.05) is 0 Å². The van der Waals surface area contributed by atoms with Crippen molar-refractivity contribution in [3.05, 3.63) is 24.3 Å². The molecule has 2 aliphatic carbocycles. The Kier molecular flexibility index (Phi) is 13.0. The molecule has 2 aliphatic rings. The lowest BCUT2D eigenvalue weighted by Crippen LogP contribution is -2.33. The first-order valence-electron chi connectivity index (χ1n) is 11.4. The smallest absolute Gasteiger partial charge is 0.310 e. The van der Waals surface area contributed by atoms with Crippen molar-refractivity contribution in [1.82, 2.24) is 0 Å². The van der Waals surface area contributed by atoms with Crippen LogP contribution in [0.15, 0.2) is 24.3 Å². The molecule has 0 N–H and O–H groups in total. The Morgan fingerprint density at radius 2 is 0.688 bits per heavy atom. The largest absolute Gasteiger partial charge is 0.466 e. The molecular weight excluding hydrogens is 416 g/mol. The van der Waals surface area contributed by atoms with Crippen molar-refractivity contribution in [2.24, 2.45) is 23.7 Å². The van der Waals surface area contributed by atoms with E-state index < -0.39 is 0 Å². The van der Waals surface area contributed by atoms with E-state index in [9.17, 15) is 19.2 Å². The highest BCUT2D eigenvalue weighted by atomic mass is 16.5. The Hall–Kier alpha value is -2.64. The van der Waals surface area contributed by atoms with Crippen molar-refractivity contribution in [2.45, 2.75) is 53.4 Å². The zero-order valence-electron chi connectivity index (χ0n) is 19.5. The van der Waals surface area contributed by atoms with E-state index in [1.165, 1.54) is 0 Å². The second kappa shape index (κ2) is 15.2. The topological polar surface area (TPSA) is 105 Å². The number of hydrogen-bond acceptors (Lipinski definition) is 8. The molecule has 0 aromatic heterocycles. The number of hydrogen-bond donors (Lipinski definition) is 0. The van der Waals surface area contributed by atoms with E-state index in [1.807, 2.05) is 24.3 Å². The van der Waals surface area contributed by atoms with Gasteiger partial charge in [0.25, 0.3) is 0 Å². The molecule has 4 atom stereocenters. The highest BCUT2D eigenvalue weighted by Gasteiger charge is 2.36. The average molecular weight is 453 g/mol. The van der Waals surface area contributed by atoms with E-state index in [1.54, 1.807) is 27.7 Å². The van der Waals surface area contributed by atoms with Gasteiger partial charge in [-0.3, -0.25) is 19.2 Å². The Morgan fingerprint density at radius 1 is 0.500 bits per heavy atom. The van der Waals surface area contributed by atoms with Gasteiger partial charge in [-0.25, -0.2) is 0 Å². The van der Waals surface area contributed by atoms with Crippen LogP contribution in [-0.2, 0) is 38.1 Å². The summed E-state index contributed by atoms with van der Waals surface area (Å²) in [6.07, 6.45) is 9.89. The van der Waals surface area contributed by atoms with E-state index in [4.69, 9.17) is 18.9 Å². The molecule has 8 nitrogen and oxygen atoms in total. The maximum Gasteiger partial charge on any atom is 0.310 e. The lowest BCUT2D eigenvalue weighted by atomic mass is 9.83. The molecular formula is C24H36O8. The summed E-state index contributed by atoms with van der Waals surface area (Å²) in [7, 11) is 0. The summed E-state index contributed by atoms with van der Waals surface area (Å²) in [6.45, 7) is 8.41. The van der Waals surface area contributed by atoms with Crippen molar-refractivity contribution >= 4 is 23.9 Å². The van der Waals surface area contributed by atoms with Gasteiger partial charge in [0.05, 0.1) is 50.1 Å². The predicted octanol–water partition coefficient (Wildman–Crippen LogP) is 3.39. The third kappa shape index (κ3) is 8.48. The van der Waals surface area contributed by atoms with Crippen LogP contribution in [0.3, 0.4) is 0 Å². The van der Waals surface area contributed by atoms with Gasteiger partial charge in [-0.05, 0) is 53.4 Å². The van der Waals surface area contributed by atoms with Gasteiger partial charge in [0.1, 0.15) is 0 Å². The summed E-state index contributed by atoms with van der Waals surface area (Å²) < 4.78 is 19.8. The van der Waals surface area contributed by atoms with Crippen LogP contribution in [0.5, 0.6) is 0 Å². The third-order valence-corrected chi connectivity index (χ3v) is 5.22. The van der Waals surface area contributed by atoms with Crippen LogP contribution in [0.1, 0.15) is 53.4 Å². The molecule has 0 saturated carbocycles. The van der Waals surface area contributed by atoms with E-state index >= 15 is 0 Å². The van der Waals surface area contributed by atoms with Crippen LogP contribution >= 0.6 is 0 Å². The average Bonchev–Trinajstić information content (AvgIpc) is 2.80. The van der Waals surface area contributed by atoms with Crippen molar-refractivity contribution in [2.75, 3.05) is 26.4 Å². The first kappa shape index (κ1) is 27.4. The van der Waals surface area contributed by atoms with Crippen LogP contribution < -0.4 is 0 Å². The summed E-state index contributed by atoms with van der Waals surface area (Å²) >= 11 is 0.